The van der Waals surface area contributed by atoms with Crippen molar-refractivity contribution < 1.29 is 0 Å². The van der Waals surface area contributed by atoms with Crippen LogP contribution in [0, 0.1) is 0 Å². The molecule has 1 heterocycles. The van der Waals surface area contributed by atoms with Crippen molar-refractivity contribution in [2.75, 3.05) is 0 Å². The minimum atomic E-state index is -0.575. The van der Waals surface area contributed by atoms with Crippen LogP contribution in [0.4, 0.5) is 0 Å². The Bertz CT molecular complexity index is 643. The molecule has 0 spiro atoms. The second-order valence-corrected chi connectivity index (χ2v) is 4.25. The van der Waals surface area contributed by atoms with E-state index in [0.29, 0.717) is 10.0 Å². The van der Waals surface area contributed by atoms with E-state index in [4.69, 9.17) is 23.2 Å². The third-order valence-corrected chi connectivity index (χ3v) is 2.47. The smallest absolute Gasteiger partial charge is 0.271 e. The standard InChI is InChI=1S/C10H7Cl2N3O2/c11-7-1-6(2-8(12)3-7)5-15-10(17)14-9(16)4-13-15/h1-4H,5H2,(H,14,16,17). The van der Waals surface area contributed by atoms with Gasteiger partial charge >= 0.3 is 5.69 Å². The van der Waals surface area contributed by atoms with Crippen molar-refractivity contribution >= 4 is 23.2 Å². The molecule has 17 heavy (non-hydrogen) atoms. The molecule has 2 rings (SSSR count). The molecule has 0 atom stereocenters. The first-order valence-corrected chi connectivity index (χ1v) is 5.41. The average Bonchev–Trinajstić information content (AvgIpc) is 2.21. The number of aromatic amines is 1. The van der Waals surface area contributed by atoms with Gasteiger partial charge in [-0.15, -0.1) is 0 Å². The maximum atomic E-state index is 11.4. The predicted molar refractivity (Wildman–Crippen MR) is 64.7 cm³/mol. The summed E-state index contributed by atoms with van der Waals surface area (Å²) in [6.45, 7) is 0.190. The lowest BCUT2D eigenvalue weighted by atomic mass is 10.2. The van der Waals surface area contributed by atoms with Gasteiger partial charge in [-0.1, -0.05) is 23.2 Å². The van der Waals surface area contributed by atoms with Gasteiger partial charge in [0.15, 0.2) is 0 Å². The van der Waals surface area contributed by atoms with Crippen LogP contribution in [0.3, 0.4) is 0 Å². The SMILES string of the molecule is O=c1cnn(Cc2cc(Cl)cc(Cl)c2)c(=O)[nH]1. The summed E-state index contributed by atoms with van der Waals surface area (Å²) in [5, 5.41) is 4.66. The summed E-state index contributed by atoms with van der Waals surface area (Å²) in [5.41, 5.74) is -0.381. The van der Waals surface area contributed by atoms with Gasteiger partial charge in [-0.25, -0.2) is 9.48 Å². The van der Waals surface area contributed by atoms with Gasteiger partial charge in [-0.3, -0.25) is 9.78 Å². The fourth-order valence-electron chi connectivity index (χ4n) is 1.36. The minimum absolute atomic E-state index is 0.190. The van der Waals surface area contributed by atoms with Crippen LogP contribution < -0.4 is 11.2 Å². The van der Waals surface area contributed by atoms with Gasteiger partial charge in [0.1, 0.15) is 6.20 Å². The van der Waals surface area contributed by atoms with Crippen molar-refractivity contribution in [3.63, 3.8) is 0 Å². The molecule has 2 aromatic rings. The number of benzene rings is 1. The first kappa shape index (κ1) is 11.9. The number of nitrogens with one attached hydrogen (secondary N) is 1. The molecule has 7 heteroatoms. The number of aromatic nitrogens is 3. The Morgan fingerprint density at radius 2 is 1.82 bits per heavy atom. The zero-order valence-corrected chi connectivity index (χ0v) is 10.00. The quantitative estimate of drug-likeness (QED) is 0.895. The van der Waals surface area contributed by atoms with Crippen LogP contribution in [-0.2, 0) is 6.54 Å². The molecule has 1 aromatic carbocycles. The molecular weight excluding hydrogens is 265 g/mol. The highest BCUT2D eigenvalue weighted by Crippen LogP contribution is 2.19. The number of rotatable bonds is 2. The molecule has 0 aliphatic carbocycles. The second-order valence-electron chi connectivity index (χ2n) is 3.37. The number of halogens is 2. The Morgan fingerprint density at radius 1 is 1.18 bits per heavy atom. The van der Waals surface area contributed by atoms with E-state index in [1.807, 2.05) is 0 Å². The van der Waals surface area contributed by atoms with E-state index in [0.717, 1.165) is 16.4 Å². The third-order valence-electron chi connectivity index (χ3n) is 2.03. The first-order chi connectivity index (χ1) is 8.04. The van der Waals surface area contributed by atoms with E-state index < -0.39 is 11.2 Å². The molecule has 0 aliphatic heterocycles. The van der Waals surface area contributed by atoms with Crippen LogP contribution in [0.5, 0.6) is 0 Å². The van der Waals surface area contributed by atoms with Gasteiger partial charge in [0, 0.05) is 10.0 Å². The normalized spacial score (nSPS) is 10.5. The fourth-order valence-corrected chi connectivity index (χ4v) is 1.94. The Kier molecular flexibility index (Phi) is 3.31. The molecule has 0 radical (unpaired) electrons. The summed E-state index contributed by atoms with van der Waals surface area (Å²) in [4.78, 5) is 24.3. The highest BCUT2D eigenvalue weighted by atomic mass is 35.5. The molecule has 0 unspecified atom stereocenters. The molecule has 0 fully saturated rings. The van der Waals surface area contributed by atoms with Crippen LogP contribution >= 0.6 is 23.2 Å². The van der Waals surface area contributed by atoms with E-state index in [-0.39, 0.29) is 6.54 Å². The van der Waals surface area contributed by atoms with Gasteiger partial charge in [0.25, 0.3) is 5.56 Å². The summed E-state index contributed by atoms with van der Waals surface area (Å²) >= 11 is 11.7. The van der Waals surface area contributed by atoms with Crippen molar-refractivity contribution in [2.24, 2.45) is 0 Å². The van der Waals surface area contributed by atoms with Crippen LogP contribution in [0.1, 0.15) is 5.56 Å². The molecule has 5 nitrogen and oxygen atoms in total. The molecule has 88 valence electrons. The van der Waals surface area contributed by atoms with Gasteiger partial charge in [-0.05, 0) is 23.8 Å². The largest absolute Gasteiger partial charge is 0.345 e. The van der Waals surface area contributed by atoms with E-state index in [1.54, 1.807) is 18.2 Å². The van der Waals surface area contributed by atoms with E-state index in [2.05, 4.69) is 10.1 Å². The molecule has 1 N–H and O–H groups in total. The lowest BCUT2D eigenvalue weighted by Gasteiger charge is -2.04. The number of hydrogen-bond donors (Lipinski definition) is 1. The monoisotopic (exact) mass is 271 g/mol. The maximum absolute atomic E-state index is 11.4. The Balaban J connectivity index is 2.38. The molecule has 0 saturated carbocycles. The van der Waals surface area contributed by atoms with Gasteiger partial charge in [0.2, 0.25) is 0 Å². The third kappa shape index (κ3) is 2.95. The summed E-state index contributed by atoms with van der Waals surface area (Å²) in [7, 11) is 0. The minimum Gasteiger partial charge on any atom is -0.271 e. The molecule has 0 aliphatic rings. The van der Waals surface area contributed by atoms with Crippen molar-refractivity contribution in [3.05, 3.63) is 60.8 Å². The van der Waals surface area contributed by atoms with E-state index >= 15 is 0 Å². The maximum Gasteiger partial charge on any atom is 0.345 e. The Morgan fingerprint density at radius 3 is 2.41 bits per heavy atom. The van der Waals surface area contributed by atoms with E-state index in [1.165, 1.54) is 0 Å². The Hall–Kier alpha value is -1.59. The highest BCUT2D eigenvalue weighted by molar-refractivity contribution is 6.34. The zero-order valence-electron chi connectivity index (χ0n) is 8.48. The van der Waals surface area contributed by atoms with Crippen LogP contribution in [0.15, 0.2) is 34.0 Å². The molecule has 1 aromatic heterocycles. The van der Waals surface area contributed by atoms with Crippen molar-refractivity contribution in [1.29, 1.82) is 0 Å². The van der Waals surface area contributed by atoms with Gasteiger partial charge in [0.05, 0.1) is 6.54 Å². The summed E-state index contributed by atoms with van der Waals surface area (Å²) < 4.78 is 1.11. The summed E-state index contributed by atoms with van der Waals surface area (Å²) in [5.74, 6) is 0. The lowest BCUT2D eigenvalue weighted by Crippen LogP contribution is -2.31. The molecule has 0 amide bonds. The lowest BCUT2D eigenvalue weighted by molar-refractivity contribution is 0.607. The summed E-state index contributed by atoms with van der Waals surface area (Å²) in [6.07, 6.45) is 1.04. The van der Waals surface area contributed by atoms with Gasteiger partial charge < -0.3 is 0 Å². The predicted octanol–water partition coefficient (Wildman–Crippen LogP) is 1.29. The van der Waals surface area contributed by atoms with Crippen LogP contribution in [-0.4, -0.2) is 14.8 Å². The van der Waals surface area contributed by atoms with Gasteiger partial charge in [-0.2, -0.15) is 5.10 Å². The molecule has 0 saturated heterocycles. The molecular formula is C10H7Cl2N3O2. The van der Waals surface area contributed by atoms with E-state index in [9.17, 15) is 9.59 Å². The number of H-pyrrole nitrogens is 1. The fraction of sp³-hybridized carbons (Fsp3) is 0.100. The second kappa shape index (κ2) is 4.73. The Labute approximate surface area is 106 Å². The summed E-state index contributed by atoms with van der Waals surface area (Å²) in [6, 6.07) is 4.94. The van der Waals surface area contributed by atoms with Crippen molar-refractivity contribution in [1.82, 2.24) is 14.8 Å². The average molecular weight is 272 g/mol. The van der Waals surface area contributed by atoms with Crippen molar-refractivity contribution in [3.8, 4) is 0 Å². The van der Waals surface area contributed by atoms with Crippen LogP contribution in [0.2, 0.25) is 10.0 Å². The molecule has 0 bridgehead atoms. The zero-order chi connectivity index (χ0) is 12.4. The first-order valence-electron chi connectivity index (χ1n) is 4.66. The number of hydrogen-bond acceptors (Lipinski definition) is 3. The van der Waals surface area contributed by atoms with Crippen LogP contribution in [0.25, 0.3) is 0 Å². The topological polar surface area (TPSA) is 67.8 Å². The van der Waals surface area contributed by atoms with Crippen molar-refractivity contribution in [2.45, 2.75) is 6.54 Å². The number of nitrogens with zero attached hydrogens (tertiary/aromatic N) is 2. The highest BCUT2D eigenvalue weighted by Gasteiger charge is 2.02.